The number of urea groups is 1. The van der Waals surface area contributed by atoms with Crippen molar-refractivity contribution >= 4 is 6.03 Å². The second-order valence-electron chi connectivity index (χ2n) is 8.20. The average Bonchev–Trinajstić information content (AvgIpc) is 3.04. The maximum atomic E-state index is 13.1. The highest BCUT2D eigenvalue weighted by Crippen LogP contribution is 2.33. The molecule has 0 aliphatic carbocycles. The summed E-state index contributed by atoms with van der Waals surface area (Å²) in [5, 5.41) is 0. The van der Waals surface area contributed by atoms with E-state index < -0.39 is 11.7 Å². The predicted octanol–water partition coefficient (Wildman–Crippen LogP) is 5.72. The zero-order valence-electron chi connectivity index (χ0n) is 16.7. The Morgan fingerprint density at radius 1 is 0.931 bits per heavy atom. The lowest BCUT2D eigenvalue weighted by molar-refractivity contribution is -0.137. The molecule has 1 saturated heterocycles. The zero-order valence-corrected chi connectivity index (χ0v) is 16.7. The van der Waals surface area contributed by atoms with Crippen LogP contribution < -0.4 is 0 Å². The lowest BCUT2D eigenvalue weighted by atomic mass is 9.94. The minimum atomic E-state index is -4.33. The molecule has 4 rings (SSSR count). The number of nitrogens with zero attached hydrogens (tertiary/aromatic N) is 2. The summed E-state index contributed by atoms with van der Waals surface area (Å²) in [5.41, 5.74) is 3.24. The molecule has 3 nitrogen and oxygen atoms in total. The van der Waals surface area contributed by atoms with E-state index in [2.05, 4.69) is 13.8 Å². The van der Waals surface area contributed by atoms with Crippen molar-refractivity contribution in [1.29, 1.82) is 0 Å². The van der Waals surface area contributed by atoms with Crippen molar-refractivity contribution in [3.05, 3.63) is 59.2 Å². The lowest BCUT2D eigenvalue weighted by Gasteiger charge is -2.36. The molecule has 6 heteroatoms. The Morgan fingerprint density at radius 3 is 2.17 bits per heavy atom. The van der Waals surface area contributed by atoms with Crippen molar-refractivity contribution in [3.8, 4) is 11.1 Å². The van der Waals surface area contributed by atoms with Gasteiger partial charge in [-0.25, -0.2) is 4.79 Å². The third-order valence-corrected chi connectivity index (χ3v) is 6.21. The number of benzene rings is 2. The highest BCUT2D eigenvalue weighted by Gasteiger charge is 2.35. The van der Waals surface area contributed by atoms with Crippen LogP contribution in [0.3, 0.4) is 0 Å². The number of likely N-dealkylation sites (tertiary alicyclic amines) is 1. The molecule has 2 heterocycles. The maximum Gasteiger partial charge on any atom is 0.416 e. The van der Waals surface area contributed by atoms with E-state index in [1.54, 1.807) is 0 Å². The van der Waals surface area contributed by atoms with Gasteiger partial charge in [0, 0.05) is 25.2 Å². The van der Waals surface area contributed by atoms with Gasteiger partial charge >= 0.3 is 12.2 Å². The SMILES string of the molecule is CC1CCC(C)N1C(=O)N1CCc2ccc(-c3ccc(C(F)(F)F)cc3)cc2C1. The molecule has 0 aromatic heterocycles. The van der Waals surface area contributed by atoms with E-state index in [0.29, 0.717) is 13.1 Å². The molecule has 0 N–H and O–H groups in total. The fraction of sp³-hybridized carbons (Fsp3) is 0.435. The molecule has 0 saturated carbocycles. The highest BCUT2D eigenvalue weighted by molar-refractivity contribution is 5.76. The quantitative estimate of drug-likeness (QED) is 0.598. The summed E-state index contributed by atoms with van der Waals surface area (Å²) in [4.78, 5) is 17.0. The number of rotatable bonds is 1. The topological polar surface area (TPSA) is 23.6 Å². The number of hydrogen-bond acceptors (Lipinski definition) is 1. The lowest BCUT2D eigenvalue weighted by Crippen LogP contribution is -2.48. The zero-order chi connectivity index (χ0) is 20.8. The first-order valence-corrected chi connectivity index (χ1v) is 10.1. The molecule has 2 atom stereocenters. The maximum absolute atomic E-state index is 13.1. The third kappa shape index (κ3) is 3.85. The van der Waals surface area contributed by atoms with Gasteiger partial charge in [-0.2, -0.15) is 13.2 Å². The molecular weight excluding hydrogens is 377 g/mol. The molecule has 1 fully saturated rings. The second kappa shape index (κ2) is 7.39. The standard InChI is InChI=1S/C23H25F3N2O/c1-15-3-4-16(2)28(15)22(29)27-12-11-18-5-6-19(13-20(18)14-27)17-7-9-21(10-8-17)23(24,25)26/h5-10,13,15-16H,3-4,11-12,14H2,1-2H3. The van der Waals surface area contributed by atoms with Crippen LogP contribution in [0.15, 0.2) is 42.5 Å². The van der Waals surface area contributed by atoms with Crippen molar-refractivity contribution in [2.45, 2.75) is 57.9 Å². The normalized spacial score (nSPS) is 22.0. The molecular formula is C23H25F3N2O. The Morgan fingerprint density at radius 2 is 1.55 bits per heavy atom. The first-order chi connectivity index (χ1) is 13.7. The van der Waals surface area contributed by atoms with Crippen LogP contribution in [-0.4, -0.2) is 34.5 Å². The van der Waals surface area contributed by atoms with Gasteiger partial charge in [-0.1, -0.05) is 24.3 Å². The molecule has 0 spiro atoms. The number of halogens is 3. The number of alkyl halides is 3. The molecule has 0 radical (unpaired) electrons. The Labute approximate surface area is 169 Å². The fourth-order valence-corrected chi connectivity index (χ4v) is 4.49. The van der Waals surface area contributed by atoms with Gasteiger partial charge in [0.15, 0.2) is 0 Å². The number of carbonyl (C=O) groups excluding carboxylic acids is 1. The van der Waals surface area contributed by atoms with E-state index in [-0.39, 0.29) is 18.1 Å². The number of carbonyl (C=O) groups is 1. The van der Waals surface area contributed by atoms with Gasteiger partial charge in [0.05, 0.1) is 5.56 Å². The summed E-state index contributed by atoms with van der Waals surface area (Å²) >= 11 is 0. The molecule has 29 heavy (non-hydrogen) atoms. The first-order valence-electron chi connectivity index (χ1n) is 10.1. The van der Waals surface area contributed by atoms with Crippen LogP contribution in [0.25, 0.3) is 11.1 Å². The van der Waals surface area contributed by atoms with Crippen LogP contribution in [0.4, 0.5) is 18.0 Å². The number of amides is 2. The van der Waals surface area contributed by atoms with Crippen molar-refractivity contribution in [1.82, 2.24) is 9.80 Å². The van der Waals surface area contributed by atoms with Gasteiger partial charge in [0.2, 0.25) is 0 Å². The van der Waals surface area contributed by atoms with Gasteiger partial charge < -0.3 is 9.80 Å². The Kier molecular flexibility index (Phi) is 5.05. The minimum Gasteiger partial charge on any atom is -0.320 e. The Balaban J connectivity index is 1.55. The summed E-state index contributed by atoms with van der Waals surface area (Å²) in [6.45, 7) is 5.43. The third-order valence-electron chi connectivity index (χ3n) is 6.21. The molecule has 2 amide bonds. The van der Waals surface area contributed by atoms with Crippen LogP contribution in [0.5, 0.6) is 0 Å². The smallest absolute Gasteiger partial charge is 0.320 e. The summed E-state index contributed by atoms with van der Waals surface area (Å²) in [6, 6.07) is 11.8. The van der Waals surface area contributed by atoms with Gasteiger partial charge in [0.1, 0.15) is 0 Å². The van der Waals surface area contributed by atoms with Crippen molar-refractivity contribution in [2.75, 3.05) is 6.54 Å². The molecule has 2 aliphatic rings. The second-order valence-corrected chi connectivity index (χ2v) is 8.20. The van der Waals surface area contributed by atoms with Gasteiger partial charge in [-0.05, 0) is 73.6 Å². The fourth-order valence-electron chi connectivity index (χ4n) is 4.49. The molecule has 2 aromatic carbocycles. The van der Waals surface area contributed by atoms with E-state index in [1.807, 2.05) is 28.0 Å². The number of fused-ring (bicyclic) bond motifs is 1. The van der Waals surface area contributed by atoms with Crippen LogP contribution in [0.2, 0.25) is 0 Å². The summed E-state index contributed by atoms with van der Waals surface area (Å²) in [6.07, 6.45) is -1.46. The minimum absolute atomic E-state index is 0.0908. The van der Waals surface area contributed by atoms with Crippen LogP contribution >= 0.6 is 0 Å². The van der Waals surface area contributed by atoms with E-state index in [1.165, 1.54) is 17.7 Å². The summed E-state index contributed by atoms with van der Waals surface area (Å²) < 4.78 is 38.4. The van der Waals surface area contributed by atoms with Crippen LogP contribution in [-0.2, 0) is 19.1 Å². The first kappa shape index (κ1) is 19.8. The predicted molar refractivity (Wildman–Crippen MR) is 106 cm³/mol. The molecule has 2 unspecified atom stereocenters. The van der Waals surface area contributed by atoms with Gasteiger partial charge in [-0.15, -0.1) is 0 Å². The molecule has 2 aliphatic heterocycles. The summed E-state index contributed by atoms with van der Waals surface area (Å²) in [7, 11) is 0. The molecule has 0 bridgehead atoms. The average molecular weight is 402 g/mol. The van der Waals surface area contributed by atoms with Crippen molar-refractivity contribution in [3.63, 3.8) is 0 Å². The number of hydrogen-bond donors (Lipinski definition) is 0. The van der Waals surface area contributed by atoms with E-state index in [4.69, 9.17) is 0 Å². The largest absolute Gasteiger partial charge is 0.416 e. The van der Waals surface area contributed by atoms with E-state index >= 15 is 0 Å². The van der Waals surface area contributed by atoms with Crippen molar-refractivity contribution in [2.24, 2.45) is 0 Å². The summed E-state index contributed by atoms with van der Waals surface area (Å²) in [5.74, 6) is 0. The van der Waals surface area contributed by atoms with Crippen LogP contribution in [0.1, 0.15) is 43.4 Å². The monoisotopic (exact) mass is 402 g/mol. The van der Waals surface area contributed by atoms with Crippen LogP contribution in [0, 0.1) is 0 Å². The van der Waals surface area contributed by atoms with E-state index in [0.717, 1.165) is 48.1 Å². The molecule has 154 valence electrons. The van der Waals surface area contributed by atoms with Gasteiger partial charge in [0.25, 0.3) is 0 Å². The molecule has 2 aromatic rings. The van der Waals surface area contributed by atoms with E-state index in [9.17, 15) is 18.0 Å². The highest BCUT2D eigenvalue weighted by atomic mass is 19.4. The van der Waals surface area contributed by atoms with Gasteiger partial charge in [-0.3, -0.25) is 0 Å². The Bertz CT molecular complexity index is 897. The van der Waals surface area contributed by atoms with Crippen molar-refractivity contribution < 1.29 is 18.0 Å². The Hall–Kier alpha value is -2.50.